The lowest BCUT2D eigenvalue weighted by molar-refractivity contribution is 0.0945. The van der Waals surface area contributed by atoms with Gasteiger partial charge in [0.1, 0.15) is 0 Å². The van der Waals surface area contributed by atoms with Crippen LogP contribution in [0.4, 0.5) is 0 Å². The third-order valence-corrected chi connectivity index (χ3v) is 4.87. The molecule has 0 spiro atoms. The lowest BCUT2D eigenvalue weighted by Gasteiger charge is -2.09. The molecule has 0 aromatic heterocycles. The van der Waals surface area contributed by atoms with E-state index in [4.69, 9.17) is 0 Å². The van der Waals surface area contributed by atoms with Crippen molar-refractivity contribution >= 4 is 15.9 Å². The van der Waals surface area contributed by atoms with E-state index in [1.54, 1.807) is 30.3 Å². The van der Waals surface area contributed by atoms with Crippen LogP contribution in [0.25, 0.3) is 11.1 Å². The van der Waals surface area contributed by atoms with Gasteiger partial charge in [0.15, 0.2) is 0 Å². The smallest absolute Gasteiger partial charge is 0.266 e. The monoisotopic (exact) mass is 352 g/mol. The van der Waals surface area contributed by atoms with Gasteiger partial charge < -0.3 is 0 Å². The van der Waals surface area contributed by atoms with Crippen LogP contribution in [0, 0.1) is 0 Å². The third-order valence-electron chi connectivity index (χ3n) is 3.61. The summed E-state index contributed by atoms with van der Waals surface area (Å²) in [4.78, 5) is 14.3. The molecule has 0 fully saturated rings. The summed E-state index contributed by atoms with van der Waals surface area (Å²) in [5.41, 5.74) is 4.59. The Morgan fingerprint density at radius 2 is 1.20 bits per heavy atom. The maximum absolute atomic E-state index is 12.1. The first kappa shape index (κ1) is 16.9. The van der Waals surface area contributed by atoms with Gasteiger partial charge in [-0.25, -0.2) is 8.42 Å². The van der Waals surface area contributed by atoms with Gasteiger partial charge in [0.05, 0.1) is 4.90 Å². The molecular weight excluding hydrogens is 336 g/mol. The number of sulfonamides is 1. The van der Waals surface area contributed by atoms with Gasteiger partial charge >= 0.3 is 0 Å². The van der Waals surface area contributed by atoms with E-state index < -0.39 is 15.9 Å². The number of amides is 1. The van der Waals surface area contributed by atoms with Gasteiger partial charge in [-0.1, -0.05) is 60.7 Å². The second-order valence-electron chi connectivity index (χ2n) is 5.32. The number of benzene rings is 3. The minimum atomic E-state index is -3.80. The molecule has 25 heavy (non-hydrogen) atoms. The van der Waals surface area contributed by atoms with Crippen LogP contribution in [0.15, 0.2) is 89.8 Å². The van der Waals surface area contributed by atoms with E-state index >= 15 is 0 Å². The van der Waals surface area contributed by atoms with Crippen LogP contribution in [-0.2, 0) is 10.0 Å². The first-order valence-corrected chi connectivity index (χ1v) is 9.07. The molecule has 126 valence electrons. The zero-order valence-electron chi connectivity index (χ0n) is 13.2. The second-order valence-corrected chi connectivity index (χ2v) is 7.00. The number of rotatable bonds is 5. The molecule has 0 aliphatic carbocycles. The molecule has 0 aliphatic rings. The number of nitrogens with one attached hydrogen (secondary N) is 2. The Morgan fingerprint density at radius 3 is 1.80 bits per heavy atom. The lowest BCUT2D eigenvalue weighted by atomic mass is 10.0. The van der Waals surface area contributed by atoms with E-state index in [-0.39, 0.29) is 4.90 Å². The Kier molecular flexibility index (Phi) is 4.92. The molecule has 3 rings (SSSR count). The normalized spacial score (nSPS) is 11.0. The highest BCUT2D eigenvalue weighted by molar-refractivity contribution is 7.89. The van der Waals surface area contributed by atoms with Crippen LogP contribution in [0.2, 0.25) is 0 Å². The summed E-state index contributed by atoms with van der Waals surface area (Å²) >= 11 is 0. The predicted octanol–water partition coefficient (Wildman–Crippen LogP) is 2.98. The molecule has 3 aromatic carbocycles. The Labute approximate surface area is 146 Å². The van der Waals surface area contributed by atoms with Crippen molar-refractivity contribution in [1.82, 2.24) is 10.3 Å². The second kappa shape index (κ2) is 7.29. The van der Waals surface area contributed by atoms with E-state index in [0.717, 1.165) is 11.1 Å². The average molecular weight is 352 g/mol. The van der Waals surface area contributed by atoms with Crippen LogP contribution in [0.1, 0.15) is 10.4 Å². The van der Waals surface area contributed by atoms with Gasteiger partial charge in [0, 0.05) is 5.56 Å². The van der Waals surface area contributed by atoms with Crippen LogP contribution in [-0.4, -0.2) is 14.3 Å². The third kappa shape index (κ3) is 4.12. The molecule has 0 heterocycles. The van der Waals surface area contributed by atoms with Gasteiger partial charge in [-0.2, -0.15) is 0 Å². The fourth-order valence-electron chi connectivity index (χ4n) is 2.29. The molecule has 0 saturated carbocycles. The zero-order chi connectivity index (χ0) is 17.7. The minimum Gasteiger partial charge on any atom is -0.273 e. The molecule has 2 N–H and O–H groups in total. The summed E-state index contributed by atoms with van der Waals surface area (Å²) in [7, 11) is -3.80. The quantitative estimate of drug-likeness (QED) is 0.693. The predicted molar refractivity (Wildman–Crippen MR) is 96.1 cm³/mol. The van der Waals surface area contributed by atoms with Crippen molar-refractivity contribution in [3.05, 3.63) is 90.5 Å². The average Bonchev–Trinajstić information content (AvgIpc) is 2.68. The highest BCUT2D eigenvalue weighted by atomic mass is 32.2. The van der Waals surface area contributed by atoms with E-state index in [1.807, 2.05) is 42.5 Å². The van der Waals surface area contributed by atoms with Crippen molar-refractivity contribution in [3.8, 4) is 11.1 Å². The number of hydrazine groups is 1. The maximum atomic E-state index is 12.1. The van der Waals surface area contributed by atoms with Crippen molar-refractivity contribution in [2.24, 2.45) is 0 Å². The van der Waals surface area contributed by atoms with E-state index in [0.29, 0.717) is 5.56 Å². The SMILES string of the molecule is O=C(NNS(=O)(=O)c1ccccc1)c1ccc(-c2ccccc2)cc1. The Bertz CT molecular complexity index is 955. The fraction of sp³-hybridized carbons (Fsp3) is 0. The number of hydrogen-bond acceptors (Lipinski definition) is 3. The maximum Gasteiger partial charge on any atom is 0.266 e. The minimum absolute atomic E-state index is 0.0784. The summed E-state index contributed by atoms with van der Waals surface area (Å²) in [6, 6.07) is 24.5. The summed E-state index contributed by atoms with van der Waals surface area (Å²) in [5, 5.41) is 0. The summed E-state index contributed by atoms with van der Waals surface area (Å²) in [6.07, 6.45) is 0. The molecular formula is C19H16N2O3S. The largest absolute Gasteiger partial charge is 0.273 e. The highest BCUT2D eigenvalue weighted by Gasteiger charge is 2.15. The molecule has 3 aromatic rings. The Hall–Kier alpha value is -2.96. The van der Waals surface area contributed by atoms with E-state index in [1.165, 1.54) is 12.1 Å². The molecule has 0 saturated heterocycles. The van der Waals surface area contributed by atoms with Gasteiger partial charge in [0.2, 0.25) is 0 Å². The van der Waals surface area contributed by atoms with Gasteiger partial charge in [-0.3, -0.25) is 10.2 Å². The Balaban J connectivity index is 1.68. The molecule has 0 aliphatic heterocycles. The number of carbonyl (C=O) groups is 1. The van der Waals surface area contributed by atoms with Crippen molar-refractivity contribution in [2.45, 2.75) is 4.90 Å². The molecule has 0 unspecified atom stereocenters. The fourth-order valence-corrected chi connectivity index (χ4v) is 3.15. The number of carbonyl (C=O) groups excluding carboxylic acids is 1. The molecule has 0 atom stereocenters. The summed E-state index contributed by atoms with van der Waals surface area (Å²) in [6.45, 7) is 0. The van der Waals surface area contributed by atoms with Crippen LogP contribution in [0.3, 0.4) is 0 Å². The van der Waals surface area contributed by atoms with Crippen molar-refractivity contribution in [2.75, 3.05) is 0 Å². The molecule has 5 nitrogen and oxygen atoms in total. The van der Waals surface area contributed by atoms with Gasteiger partial charge in [-0.15, -0.1) is 4.83 Å². The van der Waals surface area contributed by atoms with Crippen molar-refractivity contribution in [3.63, 3.8) is 0 Å². The summed E-state index contributed by atoms with van der Waals surface area (Å²) in [5.74, 6) is -0.529. The van der Waals surface area contributed by atoms with Gasteiger partial charge in [0.25, 0.3) is 15.9 Å². The first-order valence-electron chi connectivity index (χ1n) is 7.59. The van der Waals surface area contributed by atoms with Crippen LogP contribution in [0.5, 0.6) is 0 Å². The molecule has 6 heteroatoms. The molecule has 0 radical (unpaired) electrons. The topological polar surface area (TPSA) is 75.3 Å². The van der Waals surface area contributed by atoms with Crippen molar-refractivity contribution < 1.29 is 13.2 Å². The zero-order valence-corrected chi connectivity index (χ0v) is 14.0. The van der Waals surface area contributed by atoms with E-state index in [9.17, 15) is 13.2 Å². The van der Waals surface area contributed by atoms with Crippen LogP contribution >= 0.6 is 0 Å². The standard InChI is InChI=1S/C19H16N2O3S/c22-19(20-21-25(23,24)18-9-5-2-6-10-18)17-13-11-16(12-14-17)15-7-3-1-4-8-15/h1-14,21H,(H,20,22). The highest BCUT2D eigenvalue weighted by Crippen LogP contribution is 2.19. The molecule has 0 bridgehead atoms. The van der Waals surface area contributed by atoms with E-state index in [2.05, 4.69) is 10.3 Å². The lowest BCUT2D eigenvalue weighted by Crippen LogP contribution is -2.41. The van der Waals surface area contributed by atoms with Gasteiger partial charge in [-0.05, 0) is 35.4 Å². The Morgan fingerprint density at radius 1 is 0.680 bits per heavy atom. The molecule has 1 amide bonds. The first-order chi connectivity index (χ1) is 12.1. The summed E-state index contributed by atoms with van der Waals surface area (Å²) < 4.78 is 24.2. The number of hydrogen-bond donors (Lipinski definition) is 2. The van der Waals surface area contributed by atoms with Crippen molar-refractivity contribution in [1.29, 1.82) is 0 Å². The van der Waals surface area contributed by atoms with Crippen LogP contribution < -0.4 is 10.3 Å².